The number of halogens is 2. The molecule has 120 valence electrons. The highest BCUT2D eigenvalue weighted by Crippen LogP contribution is 2.37. The molecule has 0 saturated heterocycles. The predicted molar refractivity (Wildman–Crippen MR) is 90.5 cm³/mol. The van der Waals surface area contributed by atoms with Gasteiger partial charge in [0.2, 0.25) is 0 Å². The quantitative estimate of drug-likeness (QED) is 0.767. The van der Waals surface area contributed by atoms with E-state index in [4.69, 9.17) is 37.8 Å². The largest absolute Gasteiger partial charge is 0.493 e. The number of rotatable bonds is 6. The summed E-state index contributed by atoms with van der Waals surface area (Å²) in [6.07, 6.45) is 2.45. The zero-order valence-corrected chi connectivity index (χ0v) is 13.8. The number of aliphatic carboxylic acids is 1. The molecule has 4 nitrogen and oxygen atoms in total. The molecule has 0 heterocycles. The van der Waals surface area contributed by atoms with Gasteiger partial charge in [-0.2, -0.15) is 0 Å². The Morgan fingerprint density at radius 3 is 2.70 bits per heavy atom. The fourth-order valence-electron chi connectivity index (χ4n) is 1.93. The maximum absolute atomic E-state index is 10.6. The molecule has 0 fully saturated rings. The summed E-state index contributed by atoms with van der Waals surface area (Å²) in [5, 5.41) is 9.62. The summed E-state index contributed by atoms with van der Waals surface area (Å²) in [4.78, 5) is 10.6. The van der Waals surface area contributed by atoms with Crippen molar-refractivity contribution in [2.75, 3.05) is 7.11 Å². The van der Waals surface area contributed by atoms with Gasteiger partial charge in [-0.25, -0.2) is 4.79 Å². The highest BCUT2D eigenvalue weighted by atomic mass is 35.5. The van der Waals surface area contributed by atoms with Gasteiger partial charge < -0.3 is 14.6 Å². The molecule has 0 unspecified atom stereocenters. The maximum Gasteiger partial charge on any atom is 0.328 e. The number of ether oxygens (including phenoxy) is 2. The van der Waals surface area contributed by atoms with Crippen molar-refractivity contribution >= 4 is 35.2 Å². The van der Waals surface area contributed by atoms with E-state index in [2.05, 4.69) is 0 Å². The summed E-state index contributed by atoms with van der Waals surface area (Å²) in [6, 6.07) is 10.6. The van der Waals surface area contributed by atoms with Crippen LogP contribution in [-0.2, 0) is 11.4 Å². The van der Waals surface area contributed by atoms with Crippen molar-refractivity contribution in [1.82, 2.24) is 0 Å². The first kappa shape index (κ1) is 17.2. The Labute approximate surface area is 143 Å². The monoisotopic (exact) mass is 352 g/mol. The predicted octanol–water partition coefficient (Wildman–Crippen LogP) is 4.68. The number of methoxy groups -OCH3 is 1. The molecule has 0 aromatic heterocycles. The Morgan fingerprint density at radius 1 is 1.26 bits per heavy atom. The molecule has 2 rings (SSSR count). The molecule has 0 radical (unpaired) electrons. The van der Waals surface area contributed by atoms with Gasteiger partial charge in [0.25, 0.3) is 0 Å². The van der Waals surface area contributed by atoms with Gasteiger partial charge in [0.05, 0.1) is 12.1 Å². The lowest BCUT2D eigenvalue weighted by Gasteiger charge is -2.13. The van der Waals surface area contributed by atoms with Crippen LogP contribution >= 0.6 is 23.2 Å². The van der Waals surface area contributed by atoms with E-state index in [9.17, 15) is 4.79 Å². The summed E-state index contributed by atoms with van der Waals surface area (Å²) in [5.74, 6) is -0.229. The lowest BCUT2D eigenvalue weighted by Crippen LogP contribution is -1.99. The number of carbonyl (C=O) groups is 1. The van der Waals surface area contributed by atoms with E-state index < -0.39 is 5.97 Å². The molecule has 2 aromatic carbocycles. The smallest absolute Gasteiger partial charge is 0.328 e. The van der Waals surface area contributed by atoms with Crippen LogP contribution in [-0.4, -0.2) is 18.2 Å². The van der Waals surface area contributed by atoms with Gasteiger partial charge in [-0.3, -0.25) is 0 Å². The molecule has 0 aliphatic carbocycles. The molecule has 0 spiro atoms. The minimum absolute atomic E-state index is 0.279. The maximum atomic E-state index is 10.6. The number of hydrogen-bond donors (Lipinski definition) is 1. The molecule has 2 aromatic rings. The van der Waals surface area contributed by atoms with Crippen molar-refractivity contribution in [3.8, 4) is 11.5 Å². The normalized spacial score (nSPS) is 10.7. The fraction of sp³-hybridized carbons (Fsp3) is 0.118. The van der Waals surface area contributed by atoms with Crippen molar-refractivity contribution in [3.63, 3.8) is 0 Å². The van der Waals surface area contributed by atoms with Gasteiger partial charge in [0.15, 0.2) is 11.5 Å². The molecule has 0 saturated carbocycles. The van der Waals surface area contributed by atoms with E-state index in [0.29, 0.717) is 27.1 Å². The molecule has 0 aliphatic rings. The Morgan fingerprint density at radius 2 is 2.04 bits per heavy atom. The standard InChI is InChI=1S/C17H14Cl2O4/c1-22-15-9-11(5-6-16(20)21)8-14(19)17(15)23-10-12-3-2-4-13(18)7-12/h2-9H,10H2,1H3,(H,20,21). The van der Waals surface area contributed by atoms with Crippen LogP contribution in [0.1, 0.15) is 11.1 Å². The SMILES string of the molecule is COc1cc(C=CC(=O)O)cc(Cl)c1OCc1cccc(Cl)c1. The Kier molecular flexibility index (Phi) is 5.90. The number of hydrogen-bond acceptors (Lipinski definition) is 3. The van der Waals surface area contributed by atoms with E-state index in [0.717, 1.165) is 11.6 Å². The molecule has 1 N–H and O–H groups in total. The summed E-state index contributed by atoms with van der Waals surface area (Å²) < 4.78 is 11.0. The first-order chi connectivity index (χ1) is 11.0. The first-order valence-electron chi connectivity index (χ1n) is 6.65. The van der Waals surface area contributed by atoms with E-state index in [1.807, 2.05) is 12.1 Å². The van der Waals surface area contributed by atoms with Crippen molar-refractivity contribution in [2.24, 2.45) is 0 Å². The molecule has 0 amide bonds. The minimum atomic E-state index is -1.04. The van der Waals surface area contributed by atoms with Crippen LogP contribution in [0.3, 0.4) is 0 Å². The lowest BCUT2D eigenvalue weighted by atomic mass is 10.2. The van der Waals surface area contributed by atoms with E-state index in [1.54, 1.807) is 24.3 Å². The van der Waals surface area contributed by atoms with Crippen molar-refractivity contribution < 1.29 is 19.4 Å². The van der Waals surface area contributed by atoms with Gasteiger partial charge in [0, 0.05) is 11.1 Å². The van der Waals surface area contributed by atoms with Crippen molar-refractivity contribution in [2.45, 2.75) is 6.61 Å². The van der Waals surface area contributed by atoms with Crippen LogP contribution in [0.5, 0.6) is 11.5 Å². The van der Waals surface area contributed by atoms with E-state index in [1.165, 1.54) is 13.2 Å². The average Bonchev–Trinajstić information content (AvgIpc) is 2.51. The van der Waals surface area contributed by atoms with Gasteiger partial charge >= 0.3 is 5.97 Å². The second-order valence-electron chi connectivity index (χ2n) is 4.62. The van der Waals surface area contributed by atoms with E-state index >= 15 is 0 Å². The zero-order valence-electron chi connectivity index (χ0n) is 12.3. The van der Waals surface area contributed by atoms with Gasteiger partial charge in [-0.1, -0.05) is 35.3 Å². The van der Waals surface area contributed by atoms with Crippen LogP contribution < -0.4 is 9.47 Å². The Hall–Kier alpha value is -2.17. The lowest BCUT2D eigenvalue weighted by molar-refractivity contribution is -0.131. The summed E-state index contributed by atoms with van der Waals surface area (Å²) in [5.41, 5.74) is 1.50. The fourth-order valence-corrected chi connectivity index (χ4v) is 2.41. The third-order valence-corrected chi connectivity index (χ3v) is 3.46. The third-order valence-electron chi connectivity index (χ3n) is 2.94. The third kappa shape index (κ3) is 4.91. The van der Waals surface area contributed by atoms with Crippen LogP contribution in [0.2, 0.25) is 10.0 Å². The van der Waals surface area contributed by atoms with Gasteiger partial charge in [0.1, 0.15) is 6.61 Å². The van der Waals surface area contributed by atoms with Gasteiger partial charge in [-0.05, 0) is 41.5 Å². The highest BCUT2D eigenvalue weighted by Gasteiger charge is 2.12. The molecular formula is C17H14Cl2O4. The number of benzene rings is 2. The average molecular weight is 353 g/mol. The zero-order chi connectivity index (χ0) is 16.8. The van der Waals surface area contributed by atoms with Crippen LogP contribution in [0, 0.1) is 0 Å². The topological polar surface area (TPSA) is 55.8 Å². The Bertz CT molecular complexity index is 741. The summed E-state index contributed by atoms with van der Waals surface area (Å²) >= 11 is 12.1. The molecule has 0 bridgehead atoms. The van der Waals surface area contributed by atoms with Crippen molar-refractivity contribution in [1.29, 1.82) is 0 Å². The number of carboxylic acid groups (broad SMARTS) is 1. The minimum Gasteiger partial charge on any atom is -0.493 e. The van der Waals surface area contributed by atoms with Crippen LogP contribution in [0.4, 0.5) is 0 Å². The summed E-state index contributed by atoms with van der Waals surface area (Å²) in [7, 11) is 1.49. The second-order valence-corrected chi connectivity index (χ2v) is 5.47. The second kappa shape index (κ2) is 7.90. The van der Waals surface area contributed by atoms with Crippen LogP contribution in [0.15, 0.2) is 42.5 Å². The highest BCUT2D eigenvalue weighted by molar-refractivity contribution is 6.32. The molecular weight excluding hydrogens is 339 g/mol. The Balaban J connectivity index is 2.22. The van der Waals surface area contributed by atoms with Gasteiger partial charge in [-0.15, -0.1) is 0 Å². The van der Waals surface area contributed by atoms with Crippen LogP contribution in [0.25, 0.3) is 6.08 Å². The number of carboxylic acids is 1. The summed E-state index contributed by atoms with van der Waals surface area (Å²) in [6.45, 7) is 0.279. The molecule has 23 heavy (non-hydrogen) atoms. The van der Waals surface area contributed by atoms with Crippen molar-refractivity contribution in [3.05, 3.63) is 63.6 Å². The van der Waals surface area contributed by atoms with E-state index in [-0.39, 0.29) is 6.61 Å². The molecule has 0 atom stereocenters. The molecule has 6 heteroatoms. The first-order valence-corrected chi connectivity index (χ1v) is 7.41. The molecule has 0 aliphatic heterocycles.